The van der Waals surface area contributed by atoms with Crippen molar-refractivity contribution < 1.29 is 0 Å². The molecule has 0 radical (unpaired) electrons. The lowest BCUT2D eigenvalue weighted by Crippen LogP contribution is -2.20. The van der Waals surface area contributed by atoms with Crippen LogP contribution in [0.4, 0.5) is 0 Å². The number of fused-ring (bicyclic) bond motifs is 1. The molecule has 0 unspecified atom stereocenters. The fourth-order valence-electron chi connectivity index (χ4n) is 1.82. The van der Waals surface area contributed by atoms with E-state index in [1.807, 2.05) is 5.38 Å². The molecule has 0 fully saturated rings. The van der Waals surface area contributed by atoms with Gasteiger partial charge in [0.2, 0.25) is 0 Å². The van der Waals surface area contributed by atoms with Gasteiger partial charge in [0.05, 0.1) is 21.1 Å². The van der Waals surface area contributed by atoms with Crippen molar-refractivity contribution in [3.05, 3.63) is 54.8 Å². The first-order valence-electron chi connectivity index (χ1n) is 5.26. The van der Waals surface area contributed by atoms with Gasteiger partial charge >= 0.3 is 0 Å². The minimum Gasteiger partial charge on any atom is -0.323 e. The average Bonchev–Trinajstić information content (AvgIpc) is 2.82. The molecule has 1 N–H and O–H groups in total. The molecule has 0 atom stereocenters. The van der Waals surface area contributed by atoms with Gasteiger partial charge in [0.1, 0.15) is 4.83 Å². The van der Waals surface area contributed by atoms with Crippen LogP contribution in [0.3, 0.4) is 0 Å². The van der Waals surface area contributed by atoms with Crippen molar-refractivity contribution >= 4 is 57.0 Å². The van der Waals surface area contributed by atoms with Crippen LogP contribution in [0.1, 0.15) is 0 Å². The first kappa shape index (κ1) is 12.9. The number of rotatable bonds is 1. The zero-order chi connectivity index (χ0) is 13.6. The Morgan fingerprint density at radius 2 is 2.05 bits per heavy atom. The van der Waals surface area contributed by atoms with Gasteiger partial charge in [0, 0.05) is 0 Å². The quantitative estimate of drug-likeness (QED) is 0.671. The first-order valence-corrected chi connectivity index (χ1v) is 7.31. The van der Waals surface area contributed by atoms with Gasteiger partial charge in [-0.25, -0.2) is 0 Å². The largest absolute Gasteiger partial charge is 0.323 e. The molecular weight excluding hydrogens is 323 g/mol. The van der Waals surface area contributed by atoms with Gasteiger partial charge < -0.3 is 4.98 Å². The number of nitrogens with zero attached hydrogens (tertiary/aromatic N) is 1. The van der Waals surface area contributed by atoms with Gasteiger partial charge in [-0.15, -0.1) is 11.3 Å². The van der Waals surface area contributed by atoms with E-state index in [0.717, 1.165) is 4.83 Å². The molecule has 3 rings (SSSR count). The third-order valence-corrected chi connectivity index (χ3v) is 4.62. The van der Waals surface area contributed by atoms with Gasteiger partial charge in [-0.1, -0.05) is 29.3 Å². The molecule has 19 heavy (non-hydrogen) atoms. The first-order chi connectivity index (χ1) is 9.09. The highest BCUT2D eigenvalue weighted by Gasteiger charge is 2.12. The highest BCUT2D eigenvalue weighted by molar-refractivity contribution is 7.71. The Hall–Kier alpha value is -1.14. The lowest BCUT2D eigenvalue weighted by atomic mass is 10.3. The molecule has 0 bridgehead atoms. The summed E-state index contributed by atoms with van der Waals surface area (Å²) in [5, 5.41) is 3.10. The summed E-state index contributed by atoms with van der Waals surface area (Å²) in [6, 6.07) is 6.84. The molecule has 0 aliphatic carbocycles. The van der Waals surface area contributed by atoms with Gasteiger partial charge in [-0.05, 0) is 35.8 Å². The second-order valence-electron chi connectivity index (χ2n) is 3.81. The SMILES string of the molecule is O=c1c2ccsc2[nH]c(=S)n1-c1cccc(Cl)c1Cl. The smallest absolute Gasteiger partial charge is 0.267 e. The maximum Gasteiger partial charge on any atom is 0.267 e. The molecule has 2 heterocycles. The highest BCUT2D eigenvalue weighted by atomic mass is 35.5. The molecule has 0 aliphatic heterocycles. The number of H-pyrrole nitrogens is 1. The highest BCUT2D eigenvalue weighted by Crippen LogP contribution is 2.28. The van der Waals surface area contributed by atoms with Crippen molar-refractivity contribution in [1.29, 1.82) is 0 Å². The molecule has 2 aromatic heterocycles. The zero-order valence-corrected chi connectivity index (χ0v) is 12.5. The zero-order valence-electron chi connectivity index (χ0n) is 9.31. The Bertz CT molecular complexity index is 895. The van der Waals surface area contributed by atoms with Gasteiger partial charge in [-0.2, -0.15) is 0 Å². The molecule has 0 aliphatic rings. The maximum atomic E-state index is 12.5. The lowest BCUT2D eigenvalue weighted by Gasteiger charge is -2.09. The molecule has 0 amide bonds. The summed E-state index contributed by atoms with van der Waals surface area (Å²) in [5.41, 5.74) is 0.276. The number of halogens is 2. The Balaban J connectivity index is 2.46. The minimum atomic E-state index is -0.204. The number of hydrogen-bond donors (Lipinski definition) is 1. The fraction of sp³-hybridized carbons (Fsp3) is 0. The number of hydrogen-bond acceptors (Lipinski definition) is 3. The van der Waals surface area contributed by atoms with Gasteiger partial charge in [0.25, 0.3) is 5.56 Å². The number of benzene rings is 1. The van der Waals surface area contributed by atoms with Crippen molar-refractivity contribution in [2.24, 2.45) is 0 Å². The van der Waals surface area contributed by atoms with E-state index in [0.29, 0.717) is 25.9 Å². The van der Waals surface area contributed by atoms with Crippen LogP contribution in [0, 0.1) is 4.77 Å². The molecular formula is C12H6Cl2N2OS2. The molecule has 0 saturated heterocycles. The Morgan fingerprint density at radius 3 is 2.84 bits per heavy atom. The molecule has 1 aromatic carbocycles. The standard InChI is InChI=1S/C12H6Cl2N2OS2/c13-7-2-1-3-8(9(7)14)16-11(17)6-4-5-19-10(6)15-12(16)18/h1-5H,(H,15,18). The predicted molar refractivity (Wildman–Crippen MR) is 82.6 cm³/mol. The van der Waals surface area contributed by atoms with Crippen LogP contribution in [-0.4, -0.2) is 9.55 Å². The van der Waals surface area contributed by atoms with Crippen LogP contribution in [0.25, 0.3) is 15.9 Å². The van der Waals surface area contributed by atoms with Crippen LogP contribution >= 0.6 is 46.8 Å². The minimum absolute atomic E-state index is 0.204. The molecule has 3 aromatic rings. The van der Waals surface area contributed by atoms with Crippen molar-refractivity contribution in [1.82, 2.24) is 9.55 Å². The Kier molecular flexibility index (Phi) is 3.22. The number of thiophene rings is 1. The van der Waals surface area contributed by atoms with Crippen molar-refractivity contribution in [2.75, 3.05) is 0 Å². The van der Waals surface area contributed by atoms with Crippen molar-refractivity contribution in [2.45, 2.75) is 0 Å². The Morgan fingerprint density at radius 1 is 1.26 bits per heavy atom. The molecule has 3 nitrogen and oxygen atoms in total. The van der Waals surface area contributed by atoms with E-state index in [2.05, 4.69) is 4.98 Å². The monoisotopic (exact) mass is 328 g/mol. The average molecular weight is 329 g/mol. The number of aromatic nitrogens is 2. The molecule has 0 saturated carbocycles. The lowest BCUT2D eigenvalue weighted by molar-refractivity contribution is 0.943. The van der Waals surface area contributed by atoms with E-state index in [-0.39, 0.29) is 5.56 Å². The van der Waals surface area contributed by atoms with E-state index >= 15 is 0 Å². The Labute approximate surface area is 127 Å². The second kappa shape index (κ2) is 4.76. The summed E-state index contributed by atoms with van der Waals surface area (Å²) >= 11 is 18.8. The van der Waals surface area contributed by atoms with E-state index in [9.17, 15) is 4.79 Å². The summed E-state index contributed by atoms with van der Waals surface area (Å²) in [4.78, 5) is 16.2. The maximum absolute atomic E-state index is 12.5. The number of nitrogens with one attached hydrogen (secondary N) is 1. The van der Waals surface area contributed by atoms with Crippen LogP contribution in [-0.2, 0) is 0 Å². The van der Waals surface area contributed by atoms with Crippen LogP contribution in [0.15, 0.2) is 34.4 Å². The summed E-state index contributed by atoms with van der Waals surface area (Å²) in [7, 11) is 0. The molecule has 7 heteroatoms. The van der Waals surface area contributed by atoms with E-state index in [1.165, 1.54) is 15.9 Å². The van der Waals surface area contributed by atoms with E-state index in [4.69, 9.17) is 35.4 Å². The van der Waals surface area contributed by atoms with E-state index < -0.39 is 0 Å². The van der Waals surface area contributed by atoms with Gasteiger partial charge in [-0.3, -0.25) is 9.36 Å². The summed E-state index contributed by atoms with van der Waals surface area (Å²) in [6.07, 6.45) is 0. The van der Waals surface area contributed by atoms with E-state index in [1.54, 1.807) is 24.3 Å². The third-order valence-electron chi connectivity index (χ3n) is 2.69. The van der Waals surface area contributed by atoms with Crippen LogP contribution in [0.5, 0.6) is 0 Å². The van der Waals surface area contributed by atoms with Gasteiger partial charge in [0.15, 0.2) is 4.77 Å². The summed E-state index contributed by atoms with van der Waals surface area (Å²) in [6.45, 7) is 0. The molecule has 0 spiro atoms. The predicted octanol–water partition coefficient (Wildman–Crippen LogP) is 4.42. The fourth-order valence-corrected chi connectivity index (χ4v) is 3.33. The van der Waals surface area contributed by atoms with Crippen molar-refractivity contribution in [3.8, 4) is 5.69 Å². The molecule has 96 valence electrons. The van der Waals surface area contributed by atoms with Crippen molar-refractivity contribution in [3.63, 3.8) is 0 Å². The number of aromatic amines is 1. The summed E-state index contributed by atoms with van der Waals surface area (Å²) in [5.74, 6) is 0. The third kappa shape index (κ3) is 2.03. The normalized spacial score (nSPS) is 11.1. The van der Waals surface area contributed by atoms with Crippen LogP contribution < -0.4 is 5.56 Å². The van der Waals surface area contributed by atoms with Crippen LogP contribution in [0.2, 0.25) is 10.0 Å². The topological polar surface area (TPSA) is 37.8 Å². The summed E-state index contributed by atoms with van der Waals surface area (Å²) < 4.78 is 1.66. The second-order valence-corrected chi connectivity index (χ2v) is 5.90.